The molecule has 334 valence electrons. The summed E-state index contributed by atoms with van der Waals surface area (Å²) in [5.74, 6) is 0. The SMILES string of the molecule is c1ccc(N(c2ccccc2)C2(c3ccccc3)c3ccccc3-c3ccc(N(c4ccc5c(c4)c4ccccc4n5-c4ccccc4)c4ccc5c6ccccc6n(-c6ccccc6)c5c4)cc32)cc1. The molecule has 1 aliphatic rings. The number of anilines is 5. The molecule has 0 bridgehead atoms. The first-order chi connectivity index (χ1) is 35.3. The van der Waals surface area contributed by atoms with E-state index in [0.717, 1.165) is 50.8 Å². The van der Waals surface area contributed by atoms with Crippen LogP contribution in [0.15, 0.2) is 279 Å². The van der Waals surface area contributed by atoms with Crippen molar-refractivity contribution >= 4 is 72.0 Å². The summed E-state index contributed by atoms with van der Waals surface area (Å²) in [5.41, 5.74) is 17.6. The molecule has 2 heterocycles. The molecule has 0 aliphatic heterocycles. The van der Waals surface area contributed by atoms with E-state index in [9.17, 15) is 0 Å². The number of hydrogen-bond donors (Lipinski definition) is 0. The maximum absolute atomic E-state index is 2.57. The molecule has 0 radical (unpaired) electrons. The first kappa shape index (κ1) is 40.7. The van der Waals surface area contributed by atoms with Crippen molar-refractivity contribution in [3.8, 4) is 22.5 Å². The van der Waals surface area contributed by atoms with Crippen LogP contribution in [0, 0.1) is 0 Å². The average Bonchev–Trinajstić information content (AvgIpc) is 4.06. The summed E-state index contributed by atoms with van der Waals surface area (Å²) < 4.78 is 4.81. The van der Waals surface area contributed by atoms with Gasteiger partial charge in [0.2, 0.25) is 0 Å². The Hall–Kier alpha value is -9.38. The van der Waals surface area contributed by atoms with Gasteiger partial charge in [0.25, 0.3) is 0 Å². The summed E-state index contributed by atoms with van der Waals surface area (Å²) in [6, 6.07) is 102. The predicted molar refractivity (Wildman–Crippen MR) is 297 cm³/mol. The summed E-state index contributed by atoms with van der Waals surface area (Å²) in [6.07, 6.45) is 0. The van der Waals surface area contributed by atoms with Crippen molar-refractivity contribution in [3.63, 3.8) is 0 Å². The fraction of sp³-hybridized carbons (Fsp3) is 0.0149. The van der Waals surface area contributed by atoms with Crippen molar-refractivity contribution < 1.29 is 0 Å². The highest BCUT2D eigenvalue weighted by atomic mass is 15.2. The summed E-state index contributed by atoms with van der Waals surface area (Å²) in [5, 5.41) is 4.84. The van der Waals surface area contributed by atoms with E-state index < -0.39 is 5.54 Å². The van der Waals surface area contributed by atoms with E-state index in [2.05, 4.69) is 298 Å². The molecule has 4 heteroatoms. The lowest BCUT2D eigenvalue weighted by Gasteiger charge is -2.45. The van der Waals surface area contributed by atoms with Crippen molar-refractivity contribution in [3.05, 3.63) is 296 Å². The summed E-state index contributed by atoms with van der Waals surface area (Å²) in [7, 11) is 0. The van der Waals surface area contributed by atoms with E-state index in [-0.39, 0.29) is 0 Å². The van der Waals surface area contributed by atoms with E-state index >= 15 is 0 Å². The van der Waals surface area contributed by atoms with Crippen LogP contribution in [0.1, 0.15) is 16.7 Å². The van der Waals surface area contributed by atoms with Crippen molar-refractivity contribution in [2.45, 2.75) is 5.54 Å². The van der Waals surface area contributed by atoms with Crippen LogP contribution in [-0.2, 0) is 5.54 Å². The zero-order valence-corrected chi connectivity index (χ0v) is 38.8. The van der Waals surface area contributed by atoms with Gasteiger partial charge < -0.3 is 18.9 Å². The number of hydrogen-bond acceptors (Lipinski definition) is 2. The third-order valence-electron chi connectivity index (χ3n) is 14.7. The molecule has 0 fully saturated rings. The first-order valence-corrected chi connectivity index (χ1v) is 24.4. The lowest BCUT2D eigenvalue weighted by Crippen LogP contribution is -2.44. The Morgan fingerprint density at radius 3 is 1.35 bits per heavy atom. The van der Waals surface area contributed by atoms with Crippen molar-refractivity contribution in [2.75, 3.05) is 9.80 Å². The van der Waals surface area contributed by atoms with Gasteiger partial charge >= 0.3 is 0 Å². The van der Waals surface area contributed by atoms with Crippen LogP contribution >= 0.6 is 0 Å². The Bertz CT molecular complexity index is 4070. The van der Waals surface area contributed by atoms with Crippen LogP contribution in [-0.4, -0.2) is 9.13 Å². The minimum atomic E-state index is -0.770. The Balaban J connectivity index is 1.08. The summed E-state index contributed by atoms with van der Waals surface area (Å²) in [6.45, 7) is 0. The molecule has 0 N–H and O–H groups in total. The van der Waals surface area contributed by atoms with Crippen LogP contribution in [0.3, 0.4) is 0 Å². The van der Waals surface area contributed by atoms with Gasteiger partial charge in [-0.3, -0.25) is 0 Å². The topological polar surface area (TPSA) is 16.3 Å². The lowest BCUT2D eigenvalue weighted by molar-refractivity contribution is 0.644. The molecule has 0 amide bonds. The third kappa shape index (κ3) is 6.25. The van der Waals surface area contributed by atoms with Crippen molar-refractivity contribution in [1.29, 1.82) is 0 Å². The second-order valence-corrected chi connectivity index (χ2v) is 18.5. The number of para-hydroxylation sites is 6. The van der Waals surface area contributed by atoms with E-state index in [1.165, 1.54) is 60.4 Å². The number of rotatable bonds is 9. The second-order valence-electron chi connectivity index (χ2n) is 18.5. The Labute approximate surface area is 412 Å². The monoisotopic (exact) mass is 906 g/mol. The van der Waals surface area contributed by atoms with Crippen LogP contribution < -0.4 is 9.80 Å². The summed E-state index contributed by atoms with van der Waals surface area (Å²) in [4.78, 5) is 5.05. The molecule has 13 aromatic rings. The zero-order chi connectivity index (χ0) is 46.9. The van der Waals surface area contributed by atoms with Crippen molar-refractivity contribution in [2.24, 2.45) is 0 Å². The molecule has 1 unspecified atom stereocenters. The quantitative estimate of drug-likeness (QED) is 0.143. The predicted octanol–water partition coefficient (Wildman–Crippen LogP) is 17.5. The van der Waals surface area contributed by atoms with Gasteiger partial charge in [-0.2, -0.15) is 0 Å². The van der Waals surface area contributed by atoms with Gasteiger partial charge in [0.15, 0.2) is 0 Å². The van der Waals surface area contributed by atoms with Gasteiger partial charge in [-0.05, 0) is 131 Å². The maximum Gasteiger partial charge on any atom is 0.122 e. The molecule has 1 atom stereocenters. The minimum absolute atomic E-state index is 0.770. The Kier molecular flexibility index (Phi) is 9.39. The van der Waals surface area contributed by atoms with E-state index in [4.69, 9.17) is 0 Å². The highest BCUT2D eigenvalue weighted by Crippen LogP contribution is 2.59. The van der Waals surface area contributed by atoms with Gasteiger partial charge in [-0.15, -0.1) is 0 Å². The molecule has 0 saturated carbocycles. The minimum Gasteiger partial charge on any atom is -0.323 e. The van der Waals surface area contributed by atoms with Gasteiger partial charge in [-0.1, -0.05) is 176 Å². The standard InChI is InChI=1S/C67H46N4/c1-6-22-47(23-7-1)67(71(50-28-12-4-13-29-50)51-30-14-5-15-31-51)61-35-19-16-32-55(61)56-41-38-53(45-62(56)67)68(52-40-43-65-60(44-52)58-34-18-21-37-64(58)69(65)48-24-8-2-9-25-48)54-39-42-59-57-33-17-20-36-63(57)70(66(59)46-54)49-26-10-3-11-27-49/h1-46H. The molecular weight excluding hydrogens is 861 g/mol. The highest BCUT2D eigenvalue weighted by molar-refractivity contribution is 6.12. The highest BCUT2D eigenvalue weighted by Gasteiger charge is 2.50. The average molecular weight is 907 g/mol. The van der Waals surface area contributed by atoms with E-state index in [1.54, 1.807) is 0 Å². The molecule has 0 saturated heterocycles. The van der Waals surface area contributed by atoms with Gasteiger partial charge in [-0.25, -0.2) is 0 Å². The van der Waals surface area contributed by atoms with Crippen LogP contribution in [0.25, 0.3) is 66.1 Å². The van der Waals surface area contributed by atoms with Crippen LogP contribution in [0.2, 0.25) is 0 Å². The maximum atomic E-state index is 2.57. The third-order valence-corrected chi connectivity index (χ3v) is 14.7. The van der Waals surface area contributed by atoms with Crippen LogP contribution in [0.5, 0.6) is 0 Å². The molecule has 0 spiro atoms. The van der Waals surface area contributed by atoms with Crippen molar-refractivity contribution in [1.82, 2.24) is 9.13 Å². The molecule has 71 heavy (non-hydrogen) atoms. The fourth-order valence-corrected chi connectivity index (χ4v) is 11.8. The molecule has 2 aromatic heterocycles. The molecule has 1 aliphatic carbocycles. The van der Waals surface area contributed by atoms with Crippen LogP contribution in [0.4, 0.5) is 28.4 Å². The second kappa shape index (κ2) is 16.4. The smallest absolute Gasteiger partial charge is 0.122 e. The molecule has 4 nitrogen and oxygen atoms in total. The Morgan fingerprint density at radius 2 is 0.704 bits per heavy atom. The number of aromatic nitrogens is 2. The van der Waals surface area contributed by atoms with E-state index in [0.29, 0.717) is 0 Å². The van der Waals surface area contributed by atoms with Gasteiger partial charge in [0.1, 0.15) is 5.54 Å². The number of fused-ring (bicyclic) bond motifs is 9. The number of nitrogens with zero attached hydrogens (tertiary/aromatic N) is 4. The molecule has 11 aromatic carbocycles. The van der Waals surface area contributed by atoms with E-state index in [1.807, 2.05) is 0 Å². The largest absolute Gasteiger partial charge is 0.323 e. The number of benzene rings is 11. The Morgan fingerprint density at radius 1 is 0.268 bits per heavy atom. The van der Waals surface area contributed by atoms with Gasteiger partial charge in [0.05, 0.1) is 22.1 Å². The normalized spacial score (nSPS) is 14.0. The first-order valence-electron chi connectivity index (χ1n) is 24.4. The van der Waals surface area contributed by atoms with Gasteiger partial charge in [0, 0.05) is 61.4 Å². The zero-order valence-electron chi connectivity index (χ0n) is 38.8. The summed E-state index contributed by atoms with van der Waals surface area (Å²) >= 11 is 0. The fourth-order valence-electron chi connectivity index (χ4n) is 11.8. The molecule has 14 rings (SSSR count). The lowest BCUT2D eigenvalue weighted by atomic mass is 9.78. The molecular formula is C67H46N4.